The van der Waals surface area contributed by atoms with Gasteiger partial charge >= 0.3 is 0 Å². The first-order valence-electron chi connectivity index (χ1n) is 17.2. The van der Waals surface area contributed by atoms with E-state index < -0.39 is 0 Å². The van der Waals surface area contributed by atoms with Gasteiger partial charge in [-0.3, -0.25) is 0 Å². The molecule has 0 aliphatic heterocycles. The summed E-state index contributed by atoms with van der Waals surface area (Å²) in [5.41, 5.74) is 12.5. The largest absolute Gasteiger partial charge is 0.456 e. The number of hydrogen-bond donors (Lipinski definition) is 0. The molecule has 0 bridgehead atoms. The Morgan fingerprint density at radius 3 is 1.65 bits per heavy atom. The first-order valence-corrected chi connectivity index (χ1v) is 17.2. The van der Waals surface area contributed by atoms with Gasteiger partial charge in [0.25, 0.3) is 0 Å². The van der Waals surface area contributed by atoms with Crippen molar-refractivity contribution in [2.75, 3.05) is 0 Å². The van der Waals surface area contributed by atoms with Crippen LogP contribution in [0.5, 0.6) is 0 Å². The number of benzene rings is 7. The van der Waals surface area contributed by atoms with Crippen LogP contribution in [-0.4, -0.2) is 15.0 Å². The van der Waals surface area contributed by atoms with E-state index in [1.54, 1.807) is 0 Å². The lowest BCUT2D eigenvalue weighted by molar-refractivity contribution is 0.669. The standard InChI is InChI=1S/C47H30N4O/c1-30-25-31(29-48)27-39(26-30)34-17-21-37(22-18-34)46-49-45(36-11-6-3-7-12-36)50-47(51-46)38-23-24-41-43(28-38)52-42-14-8-13-40(44(41)42)35-19-15-33(16-20-35)32-9-4-2-5-10-32/h2-28H,1H3. The van der Waals surface area contributed by atoms with E-state index in [1.807, 2.05) is 97.9 Å². The van der Waals surface area contributed by atoms with Crippen molar-refractivity contribution in [3.63, 3.8) is 0 Å². The predicted molar refractivity (Wildman–Crippen MR) is 209 cm³/mol. The number of nitriles is 1. The highest BCUT2D eigenvalue weighted by molar-refractivity contribution is 6.13. The minimum Gasteiger partial charge on any atom is -0.456 e. The Morgan fingerprint density at radius 1 is 0.442 bits per heavy atom. The van der Waals surface area contributed by atoms with Crippen molar-refractivity contribution in [1.29, 1.82) is 5.26 Å². The molecule has 52 heavy (non-hydrogen) atoms. The molecule has 0 spiro atoms. The summed E-state index contributed by atoms with van der Waals surface area (Å²) in [6.07, 6.45) is 0. The summed E-state index contributed by atoms with van der Waals surface area (Å²) in [5.74, 6) is 1.72. The van der Waals surface area contributed by atoms with E-state index in [1.165, 1.54) is 11.1 Å². The van der Waals surface area contributed by atoms with Crippen LogP contribution in [0.4, 0.5) is 0 Å². The fourth-order valence-electron chi connectivity index (χ4n) is 6.85. The highest BCUT2D eigenvalue weighted by Gasteiger charge is 2.17. The number of aromatic nitrogens is 3. The van der Waals surface area contributed by atoms with E-state index in [4.69, 9.17) is 19.4 Å². The topological polar surface area (TPSA) is 75.6 Å². The molecule has 0 aliphatic carbocycles. The van der Waals surface area contributed by atoms with E-state index in [0.717, 1.165) is 66.4 Å². The molecule has 0 unspecified atom stereocenters. The molecule has 9 rings (SSSR count). The van der Waals surface area contributed by atoms with E-state index in [9.17, 15) is 5.26 Å². The first-order chi connectivity index (χ1) is 25.6. The quantitative estimate of drug-likeness (QED) is 0.176. The number of nitrogens with zero attached hydrogens (tertiary/aromatic N) is 4. The third kappa shape index (κ3) is 5.79. The lowest BCUT2D eigenvalue weighted by Gasteiger charge is -2.10. The fourth-order valence-corrected chi connectivity index (χ4v) is 6.85. The van der Waals surface area contributed by atoms with Crippen molar-refractivity contribution < 1.29 is 4.42 Å². The van der Waals surface area contributed by atoms with Gasteiger partial charge in [-0.1, -0.05) is 133 Å². The highest BCUT2D eigenvalue weighted by atomic mass is 16.3. The van der Waals surface area contributed by atoms with E-state index in [0.29, 0.717) is 23.0 Å². The molecular formula is C47H30N4O. The third-order valence-corrected chi connectivity index (χ3v) is 9.41. The van der Waals surface area contributed by atoms with Crippen LogP contribution in [0.25, 0.3) is 89.5 Å². The Hall–Kier alpha value is -7.16. The van der Waals surface area contributed by atoms with Gasteiger partial charge in [0.15, 0.2) is 17.5 Å². The minimum absolute atomic E-state index is 0.560. The Morgan fingerprint density at radius 2 is 0.981 bits per heavy atom. The van der Waals surface area contributed by atoms with Gasteiger partial charge in [-0.05, 0) is 76.2 Å². The summed E-state index contributed by atoms with van der Waals surface area (Å²) in [6.45, 7) is 2.00. The minimum atomic E-state index is 0.560. The van der Waals surface area contributed by atoms with Gasteiger partial charge in [0, 0.05) is 27.5 Å². The van der Waals surface area contributed by atoms with Crippen LogP contribution in [0.1, 0.15) is 11.1 Å². The maximum Gasteiger partial charge on any atom is 0.164 e. The Labute approximate surface area is 301 Å². The highest BCUT2D eigenvalue weighted by Crippen LogP contribution is 2.39. The number of hydrogen-bond acceptors (Lipinski definition) is 5. The zero-order chi connectivity index (χ0) is 35.0. The molecule has 9 aromatic rings. The van der Waals surface area contributed by atoms with Crippen molar-refractivity contribution in [2.45, 2.75) is 6.92 Å². The Bertz CT molecular complexity index is 2780. The van der Waals surface area contributed by atoms with Crippen molar-refractivity contribution in [3.8, 4) is 73.6 Å². The molecule has 0 saturated carbocycles. The Balaban J connectivity index is 1.11. The molecule has 0 atom stereocenters. The molecule has 5 heteroatoms. The van der Waals surface area contributed by atoms with Gasteiger partial charge in [0.05, 0.1) is 11.6 Å². The second-order valence-corrected chi connectivity index (χ2v) is 12.9. The zero-order valence-electron chi connectivity index (χ0n) is 28.3. The number of aryl methyl sites for hydroxylation is 1. The summed E-state index contributed by atoms with van der Waals surface area (Å²) < 4.78 is 6.49. The summed E-state index contributed by atoms with van der Waals surface area (Å²) in [5, 5.41) is 11.6. The van der Waals surface area contributed by atoms with E-state index >= 15 is 0 Å². The summed E-state index contributed by atoms with van der Waals surface area (Å²) in [4.78, 5) is 14.9. The molecule has 0 N–H and O–H groups in total. The van der Waals surface area contributed by atoms with Gasteiger partial charge in [-0.2, -0.15) is 5.26 Å². The second-order valence-electron chi connectivity index (χ2n) is 12.9. The predicted octanol–water partition coefficient (Wildman–Crippen LogP) is 12.0. The van der Waals surface area contributed by atoms with Crippen LogP contribution in [0.15, 0.2) is 168 Å². The summed E-state index contributed by atoms with van der Waals surface area (Å²) >= 11 is 0. The third-order valence-electron chi connectivity index (χ3n) is 9.41. The van der Waals surface area contributed by atoms with Crippen LogP contribution in [-0.2, 0) is 0 Å². The van der Waals surface area contributed by atoms with Gasteiger partial charge in [-0.15, -0.1) is 0 Å². The van der Waals surface area contributed by atoms with Crippen LogP contribution < -0.4 is 0 Å². The number of furan rings is 1. The summed E-state index contributed by atoms with van der Waals surface area (Å²) in [6, 6.07) is 57.8. The summed E-state index contributed by atoms with van der Waals surface area (Å²) in [7, 11) is 0. The van der Waals surface area contributed by atoms with Gasteiger partial charge in [0.2, 0.25) is 0 Å². The maximum absolute atomic E-state index is 9.48. The fraction of sp³-hybridized carbons (Fsp3) is 0.0213. The molecule has 7 aromatic carbocycles. The average molecular weight is 667 g/mol. The van der Waals surface area contributed by atoms with Crippen molar-refractivity contribution in [2.24, 2.45) is 0 Å². The smallest absolute Gasteiger partial charge is 0.164 e. The maximum atomic E-state index is 9.48. The average Bonchev–Trinajstić information content (AvgIpc) is 3.59. The van der Waals surface area contributed by atoms with Crippen molar-refractivity contribution in [3.05, 3.63) is 175 Å². The monoisotopic (exact) mass is 666 g/mol. The van der Waals surface area contributed by atoms with E-state index in [-0.39, 0.29) is 0 Å². The van der Waals surface area contributed by atoms with Gasteiger partial charge in [0.1, 0.15) is 11.2 Å². The van der Waals surface area contributed by atoms with Gasteiger partial charge in [-0.25, -0.2) is 15.0 Å². The van der Waals surface area contributed by atoms with Crippen LogP contribution in [0.3, 0.4) is 0 Å². The van der Waals surface area contributed by atoms with Gasteiger partial charge < -0.3 is 4.42 Å². The lowest BCUT2D eigenvalue weighted by atomic mass is 9.96. The van der Waals surface area contributed by atoms with Crippen molar-refractivity contribution >= 4 is 21.9 Å². The molecule has 0 fully saturated rings. The molecule has 5 nitrogen and oxygen atoms in total. The molecule has 2 heterocycles. The van der Waals surface area contributed by atoms with Crippen LogP contribution in [0.2, 0.25) is 0 Å². The molecule has 0 aliphatic rings. The molecule has 0 saturated heterocycles. The number of rotatable bonds is 6. The molecule has 244 valence electrons. The Kier molecular flexibility index (Phi) is 7.68. The van der Waals surface area contributed by atoms with Crippen molar-refractivity contribution in [1.82, 2.24) is 15.0 Å². The van der Waals surface area contributed by atoms with Crippen LogP contribution >= 0.6 is 0 Å². The van der Waals surface area contributed by atoms with Crippen LogP contribution in [0, 0.1) is 18.3 Å². The normalized spacial score (nSPS) is 11.2. The lowest BCUT2D eigenvalue weighted by Crippen LogP contribution is -2.00. The molecule has 0 amide bonds. The molecule has 0 radical (unpaired) electrons. The second kappa shape index (κ2) is 12.9. The zero-order valence-corrected chi connectivity index (χ0v) is 28.3. The first kappa shape index (κ1) is 30.9. The van der Waals surface area contributed by atoms with E-state index in [2.05, 4.69) is 78.9 Å². The SMILES string of the molecule is Cc1cc(C#N)cc(-c2ccc(-c3nc(-c4ccccc4)nc(-c4ccc5c(c4)oc4cccc(-c6ccc(-c7ccccc7)cc6)c45)n3)cc2)c1. The molecular weight excluding hydrogens is 637 g/mol. The molecule has 2 aromatic heterocycles. The number of fused-ring (bicyclic) bond motifs is 3.